The van der Waals surface area contributed by atoms with Crippen molar-refractivity contribution in [2.24, 2.45) is 0 Å². The van der Waals surface area contributed by atoms with Crippen molar-refractivity contribution in [2.75, 3.05) is 36.5 Å². The van der Waals surface area contributed by atoms with E-state index in [9.17, 15) is 9.18 Å². The van der Waals surface area contributed by atoms with Crippen molar-refractivity contribution in [1.82, 2.24) is 0 Å². The number of carbonyl (C=O) groups is 1. The molecule has 114 valence electrons. The Bertz CT molecular complexity index is 637. The summed E-state index contributed by atoms with van der Waals surface area (Å²) in [6.07, 6.45) is 1.67. The zero-order valence-electron chi connectivity index (χ0n) is 12.0. The van der Waals surface area contributed by atoms with Gasteiger partial charge >= 0.3 is 0 Å². The lowest BCUT2D eigenvalue weighted by molar-refractivity contribution is -0.364. The highest BCUT2D eigenvalue weighted by Crippen LogP contribution is 2.12. The van der Waals surface area contributed by atoms with Crippen molar-refractivity contribution in [3.05, 3.63) is 54.0 Å². The molecule has 1 aromatic carbocycles. The van der Waals surface area contributed by atoms with Crippen LogP contribution in [0, 0.1) is 5.82 Å². The average molecular weight is 302 g/mol. The summed E-state index contributed by atoms with van der Waals surface area (Å²) in [5.74, 6) is 0.388. The molecule has 6 heteroatoms. The number of amides is 1. The van der Waals surface area contributed by atoms with Gasteiger partial charge in [0, 0.05) is 11.8 Å². The predicted molar refractivity (Wildman–Crippen MR) is 80.4 cm³/mol. The van der Waals surface area contributed by atoms with Gasteiger partial charge in [0.15, 0.2) is 0 Å². The van der Waals surface area contributed by atoms with Crippen molar-refractivity contribution < 1.29 is 18.9 Å². The predicted octanol–water partition coefficient (Wildman–Crippen LogP) is 1.73. The number of carbonyl (C=O) groups excluding carboxylic acids is 1. The lowest BCUT2D eigenvalue weighted by Crippen LogP contribution is -2.39. The third-order valence-corrected chi connectivity index (χ3v) is 3.51. The number of halogens is 1. The molecule has 0 radical (unpaired) electrons. The van der Waals surface area contributed by atoms with Gasteiger partial charge < -0.3 is 10.1 Å². The summed E-state index contributed by atoms with van der Waals surface area (Å²) in [7, 11) is 0. The topological polar surface area (TPSA) is 55.7 Å². The fourth-order valence-electron chi connectivity index (χ4n) is 2.30. The molecule has 0 unspecified atom stereocenters. The Morgan fingerprint density at radius 3 is 2.50 bits per heavy atom. The number of anilines is 2. The van der Waals surface area contributed by atoms with Crippen LogP contribution in [-0.4, -0.2) is 32.2 Å². The van der Waals surface area contributed by atoms with Gasteiger partial charge in [-0.15, -0.1) is 0 Å². The van der Waals surface area contributed by atoms with Crippen LogP contribution in [0.15, 0.2) is 42.6 Å². The monoisotopic (exact) mass is 302 g/mol. The Kier molecular flexibility index (Phi) is 4.29. The van der Waals surface area contributed by atoms with Crippen LogP contribution in [0.25, 0.3) is 0 Å². The maximum atomic E-state index is 12.8. The van der Waals surface area contributed by atoms with Gasteiger partial charge in [0.2, 0.25) is 0 Å². The van der Waals surface area contributed by atoms with E-state index in [2.05, 4.69) is 15.2 Å². The number of morpholine rings is 1. The summed E-state index contributed by atoms with van der Waals surface area (Å²) in [6, 6.07) is 9.32. The zero-order chi connectivity index (χ0) is 15.4. The summed E-state index contributed by atoms with van der Waals surface area (Å²) in [5, 5.41) is 2.73. The number of hydrogen-bond acceptors (Lipinski definition) is 3. The number of aromatic amines is 1. The van der Waals surface area contributed by atoms with Crippen LogP contribution in [-0.2, 0) is 4.74 Å². The maximum Gasteiger partial charge on any atom is 0.274 e. The van der Waals surface area contributed by atoms with Crippen molar-refractivity contribution in [3.8, 4) is 0 Å². The third kappa shape index (κ3) is 3.40. The van der Waals surface area contributed by atoms with E-state index < -0.39 is 0 Å². The first-order valence-electron chi connectivity index (χ1n) is 7.14. The molecule has 22 heavy (non-hydrogen) atoms. The van der Waals surface area contributed by atoms with Gasteiger partial charge in [-0.2, -0.15) is 0 Å². The molecule has 1 aromatic heterocycles. The van der Waals surface area contributed by atoms with E-state index in [1.54, 1.807) is 12.3 Å². The molecule has 1 amide bonds. The summed E-state index contributed by atoms with van der Waals surface area (Å²) < 4.78 is 18.1. The number of nitrogens with zero attached hydrogens (tertiary/aromatic N) is 1. The zero-order valence-corrected chi connectivity index (χ0v) is 12.0. The van der Waals surface area contributed by atoms with Crippen LogP contribution in [0.5, 0.6) is 0 Å². The molecule has 1 aliphatic rings. The van der Waals surface area contributed by atoms with Gasteiger partial charge in [0.1, 0.15) is 25.1 Å². The van der Waals surface area contributed by atoms with E-state index in [-0.39, 0.29) is 11.7 Å². The number of aromatic nitrogens is 1. The fraction of sp³-hybridized carbons (Fsp3) is 0.250. The normalized spacial score (nSPS) is 14.7. The highest BCUT2D eigenvalue weighted by Gasteiger charge is 2.19. The Labute approximate surface area is 127 Å². The third-order valence-electron chi connectivity index (χ3n) is 3.51. The minimum atomic E-state index is -0.332. The van der Waals surface area contributed by atoms with Crippen LogP contribution in [0.2, 0.25) is 0 Å². The molecule has 2 N–H and O–H groups in total. The summed E-state index contributed by atoms with van der Waals surface area (Å²) >= 11 is 0. The SMILES string of the molecule is O=C(Nc1ccc(F)cc1)c1ccc(N2CCOCC2)[nH+]c1. The Balaban J connectivity index is 1.66. The van der Waals surface area contributed by atoms with Gasteiger partial charge in [-0.05, 0) is 30.3 Å². The van der Waals surface area contributed by atoms with Crippen molar-refractivity contribution in [2.45, 2.75) is 0 Å². The van der Waals surface area contributed by atoms with Gasteiger partial charge in [-0.1, -0.05) is 0 Å². The molecular formula is C16H17FN3O2+. The van der Waals surface area contributed by atoms with Gasteiger partial charge in [0.05, 0.1) is 18.8 Å². The quantitative estimate of drug-likeness (QED) is 0.939. The van der Waals surface area contributed by atoms with Crippen LogP contribution >= 0.6 is 0 Å². The second kappa shape index (κ2) is 6.53. The fourth-order valence-corrected chi connectivity index (χ4v) is 2.30. The standard InChI is InChI=1S/C16H16FN3O2/c17-13-2-4-14(5-3-13)19-16(21)12-1-6-15(18-11-12)20-7-9-22-10-8-20/h1-6,11H,7-10H2,(H,19,21)/p+1. The molecule has 3 rings (SSSR count). The Morgan fingerprint density at radius 1 is 1.14 bits per heavy atom. The first-order valence-corrected chi connectivity index (χ1v) is 7.14. The molecule has 0 spiro atoms. The number of ether oxygens (including phenoxy) is 1. The molecule has 0 bridgehead atoms. The number of nitrogens with one attached hydrogen (secondary N) is 2. The minimum absolute atomic E-state index is 0.239. The number of hydrogen-bond donors (Lipinski definition) is 1. The maximum absolute atomic E-state index is 12.8. The average Bonchev–Trinajstić information content (AvgIpc) is 2.58. The molecular weight excluding hydrogens is 285 g/mol. The molecule has 1 saturated heterocycles. The second-order valence-electron chi connectivity index (χ2n) is 5.02. The molecule has 0 saturated carbocycles. The van der Waals surface area contributed by atoms with Gasteiger partial charge in [-0.25, -0.2) is 9.37 Å². The molecule has 1 fully saturated rings. The summed E-state index contributed by atoms with van der Waals surface area (Å²) in [6.45, 7) is 3.08. The number of H-pyrrole nitrogens is 1. The molecule has 2 heterocycles. The van der Waals surface area contributed by atoms with E-state index >= 15 is 0 Å². The van der Waals surface area contributed by atoms with Crippen molar-refractivity contribution in [1.29, 1.82) is 0 Å². The van der Waals surface area contributed by atoms with E-state index in [0.717, 1.165) is 18.9 Å². The smallest absolute Gasteiger partial charge is 0.274 e. The molecule has 1 aliphatic heterocycles. The van der Waals surface area contributed by atoms with E-state index in [4.69, 9.17) is 4.74 Å². The van der Waals surface area contributed by atoms with Crippen LogP contribution in [0.1, 0.15) is 10.4 Å². The van der Waals surface area contributed by atoms with Gasteiger partial charge in [-0.3, -0.25) is 9.69 Å². The van der Waals surface area contributed by atoms with Crippen LogP contribution in [0.3, 0.4) is 0 Å². The van der Waals surface area contributed by atoms with Crippen molar-refractivity contribution >= 4 is 17.4 Å². The highest BCUT2D eigenvalue weighted by atomic mass is 19.1. The number of benzene rings is 1. The van der Waals surface area contributed by atoms with E-state index in [0.29, 0.717) is 24.5 Å². The van der Waals surface area contributed by atoms with Crippen LogP contribution in [0.4, 0.5) is 15.9 Å². The lowest BCUT2D eigenvalue weighted by Gasteiger charge is -2.21. The largest absolute Gasteiger partial charge is 0.373 e. The van der Waals surface area contributed by atoms with E-state index in [1.165, 1.54) is 24.3 Å². The molecule has 0 aliphatic carbocycles. The Morgan fingerprint density at radius 2 is 1.86 bits per heavy atom. The first-order chi connectivity index (χ1) is 10.7. The number of rotatable bonds is 3. The molecule has 2 aromatic rings. The molecule has 5 nitrogen and oxygen atoms in total. The molecule has 0 atom stereocenters. The number of pyridine rings is 1. The van der Waals surface area contributed by atoms with Crippen LogP contribution < -0.4 is 15.2 Å². The minimum Gasteiger partial charge on any atom is -0.373 e. The van der Waals surface area contributed by atoms with E-state index in [1.807, 2.05) is 6.07 Å². The summed E-state index contributed by atoms with van der Waals surface area (Å²) in [4.78, 5) is 17.4. The second-order valence-corrected chi connectivity index (χ2v) is 5.02. The van der Waals surface area contributed by atoms with Crippen molar-refractivity contribution in [3.63, 3.8) is 0 Å². The highest BCUT2D eigenvalue weighted by molar-refractivity contribution is 6.03. The Hall–Kier alpha value is -2.47. The lowest BCUT2D eigenvalue weighted by atomic mass is 10.2. The van der Waals surface area contributed by atoms with Gasteiger partial charge in [0.25, 0.3) is 11.7 Å². The summed E-state index contributed by atoms with van der Waals surface area (Å²) in [5.41, 5.74) is 1.07. The first kappa shape index (κ1) is 14.5.